The van der Waals surface area contributed by atoms with E-state index in [-0.39, 0.29) is 51.3 Å². The fourth-order valence-electron chi connectivity index (χ4n) is 2.13. The van der Waals surface area contributed by atoms with Gasteiger partial charge in [0.05, 0.1) is 11.9 Å². The van der Waals surface area contributed by atoms with Gasteiger partial charge in [-0.15, -0.1) is 11.3 Å². The number of benzene rings is 2. The molecule has 3 rings (SSSR count). The number of nitrogens with zero attached hydrogens (tertiary/aromatic N) is 2. The van der Waals surface area contributed by atoms with Crippen LogP contribution in [0.25, 0.3) is 11.3 Å². The summed E-state index contributed by atoms with van der Waals surface area (Å²) in [6, 6.07) is 14.1. The van der Waals surface area contributed by atoms with Gasteiger partial charge in [0, 0.05) is 10.9 Å². The molecule has 0 aliphatic rings. The number of anilines is 1. The molecule has 28 heavy (non-hydrogen) atoms. The van der Waals surface area contributed by atoms with E-state index in [1.807, 2.05) is 42.6 Å². The van der Waals surface area contributed by atoms with Gasteiger partial charge in [-0.05, 0) is 12.5 Å². The summed E-state index contributed by atoms with van der Waals surface area (Å²) >= 11 is 1.32. The second kappa shape index (κ2) is 12.5. The van der Waals surface area contributed by atoms with Crippen LogP contribution in [-0.4, -0.2) is 22.7 Å². The van der Waals surface area contributed by atoms with Crippen LogP contribution in [0.4, 0.5) is 9.93 Å². The maximum Gasteiger partial charge on any atom is 2.00 e. The number of carbonyl (C=O) groups excluding carboxylic acids is 1. The van der Waals surface area contributed by atoms with Crippen LogP contribution in [0.5, 0.6) is 5.75 Å². The summed E-state index contributed by atoms with van der Waals surface area (Å²) in [6.07, 6.45) is 1.33. The van der Waals surface area contributed by atoms with Gasteiger partial charge in [0.1, 0.15) is 0 Å². The Bertz CT molecular complexity index is 922. The van der Waals surface area contributed by atoms with Crippen LogP contribution in [0.2, 0.25) is 0 Å². The van der Waals surface area contributed by atoms with E-state index in [4.69, 9.17) is 0 Å². The van der Waals surface area contributed by atoms with Gasteiger partial charge in [0.25, 0.3) is 0 Å². The van der Waals surface area contributed by atoms with E-state index in [1.165, 1.54) is 23.6 Å². The van der Waals surface area contributed by atoms with Crippen LogP contribution in [0.1, 0.15) is 11.1 Å². The number of hydrazone groups is 1. The molecule has 4 N–H and O–H groups in total. The van der Waals surface area contributed by atoms with Gasteiger partial charge in [-0.25, -0.2) is 15.2 Å². The average Bonchev–Trinajstić information content (AvgIpc) is 3.07. The van der Waals surface area contributed by atoms with Gasteiger partial charge in [-0.3, -0.25) is 5.32 Å². The average molecular weight is 605 g/mol. The van der Waals surface area contributed by atoms with E-state index in [2.05, 4.69) is 20.8 Å². The second-order valence-corrected chi connectivity index (χ2v) is 6.13. The van der Waals surface area contributed by atoms with E-state index in [0.717, 1.165) is 16.8 Å². The van der Waals surface area contributed by atoms with Gasteiger partial charge in [0.2, 0.25) is 0 Å². The van der Waals surface area contributed by atoms with Gasteiger partial charge >= 0.3 is 33.7 Å². The molecule has 0 unspecified atom stereocenters. The number of thiazole rings is 1. The molecule has 0 saturated carbocycles. The third kappa shape index (κ3) is 7.19. The van der Waals surface area contributed by atoms with Crippen LogP contribution in [0.3, 0.4) is 0 Å². The molecule has 0 bridgehead atoms. The molecule has 0 saturated heterocycles. The van der Waals surface area contributed by atoms with Crippen molar-refractivity contribution in [1.29, 1.82) is 0 Å². The first-order valence-corrected chi connectivity index (χ1v) is 8.38. The molecule has 2 aromatic carbocycles. The van der Waals surface area contributed by atoms with Crippen LogP contribution in [0, 0.1) is 6.92 Å². The SMILES string of the molecule is Cc1ccc([O-])c(/C=N/NC(=O)Nc2nc(-c3ccccc3)cs2)c1.O.[Cl-].[Hg+2]. The number of hydrogen-bond donors (Lipinski definition) is 2. The maximum absolute atomic E-state index is 11.9. The van der Waals surface area contributed by atoms with Crippen molar-refractivity contribution < 1.29 is 55.5 Å². The zero-order valence-corrected chi connectivity index (χ0v) is 22.0. The van der Waals surface area contributed by atoms with E-state index >= 15 is 0 Å². The Morgan fingerprint density at radius 1 is 1.21 bits per heavy atom. The molecule has 0 fully saturated rings. The Balaban J connectivity index is 0.00000243. The molecular formula is C18H17ClHgN4O3S. The molecule has 142 valence electrons. The minimum Gasteiger partial charge on any atom is -1.00 e. The molecule has 1 heterocycles. The van der Waals surface area contributed by atoms with Crippen LogP contribution < -0.4 is 28.3 Å². The second-order valence-electron chi connectivity index (χ2n) is 5.27. The third-order valence-electron chi connectivity index (χ3n) is 3.33. The van der Waals surface area contributed by atoms with E-state index in [9.17, 15) is 9.90 Å². The molecule has 3 aromatic rings. The van der Waals surface area contributed by atoms with Crippen molar-refractivity contribution in [3.8, 4) is 17.0 Å². The predicted molar refractivity (Wildman–Crippen MR) is 102 cm³/mol. The number of hydrogen-bond acceptors (Lipinski definition) is 5. The van der Waals surface area contributed by atoms with Crippen molar-refractivity contribution in [1.82, 2.24) is 10.4 Å². The number of aromatic nitrogens is 1. The summed E-state index contributed by atoms with van der Waals surface area (Å²) in [7, 11) is 0. The zero-order chi connectivity index (χ0) is 17.6. The predicted octanol–water partition coefficient (Wildman–Crippen LogP) is -0.475. The van der Waals surface area contributed by atoms with E-state index in [1.54, 1.807) is 12.1 Å². The summed E-state index contributed by atoms with van der Waals surface area (Å²) in [5.41, 5.74) is 5.46. The third-order valence-corrected chi connectivity index (χ3v) is 4.09. The van der Waals surface area contributed by atoms with Crippen LogP contribution in [0.15, 0.2) is 59.0 Å². The molecule has 7 nitrogen and oxygen atoms in total. The van der Waals surface area contributed by atoms with Gasteiger partial charge < -0.3 is 23.0 Å². The molecular weight excluding hydrogens is 588 g/mol. The standard InChI is InChI=1S/C18H16N4O2S.ClH.Hg.H2O/c1-12-7-8-16(23)14(9-12)10-19-22-17(24)21-18-20-15(11-25-18)13-5-3-2-4-6-13;;;/h2-11,23H,1H3,(H2,20,21,22,24);1H;;1H2/q;;+2;/p-2/b19-10+;;;. The molecule has 0 radical (unpaired) electrons. The first-order chi connectivity index (χ1) is 12.1. The number of amides is 2. The molecule has 0 aliphatic heterocycles. The largest absolute Gasteiger partial charge is 2.00 e. The van der Waals surface area contributed by atoms with Crippen molar-refractivity contribution in [2.24, 2.45) is 5.10 Å². The first-order valence-electron chi connectivity index (χ1n) is 7.50. The molecule has 0 aliphatic carbocycles. The Labute approximate surface area is 193 Å². The fourth-order valence-corrected chi connectivity index (χ4v) is 2.84. The van der Waals surface area contributed by atoms with Crippen molar-refractivity contribution in [2.45, 2.75) is 6.92 Å². The Kier molecular flexibility index (Phi) is 11.6. The van der Waals surface area contributed by atoms with E-state index in [0.29, 0.717) is 10.7 Å². The number of urea groups is 1. The van der Waals surface area contributed by atoms with Crippen LogP contribution >= 0.6 is 11.3 Å². The summed E-state index contributed by atoms with van der Waals surface area (Å²) in [5, 5.41) is 20.4. The van der Waals surface area contributed by atoms with Crippen LogP contribution in [-0.2, 0) is 27.7 Å². The zero-order valence-electron chi connectivity index (χ0n) is 15.0. The topological polar surface area (TPSA) is 121 Å². The smallest absolute Gasteiger partial charge is 1.00 e. The molecule has 0 spiro atoms. The number of halogens is 1. The normalized spacial score (nSPS) is 9.61. The van der Waals surface area contributed by atoms with Crippen molar-refractivity contribution >= 4 is 28.7 Å². The summed E-state index contributed by atoms with van der Waals surface area (Å²) in [4.78, 5) is 16.2. The molecule has 10 heteroatoms. The Morgan fingerprint density at radius 2 is 1.93 bits per heavy atom. The Morgan fingerprint density at radius 3 is 2.64 bits per heavy atom. The summed E-state index contributed by atoms with van der Waals surface area (Å²) < 4.78 is 0. The van der Waals surface area contributed by atoms with E-state index < -0.39 is 6.03 Å². The summed E-state index contributed by atoms with van der Waals surface area (Å²) in [6.45, 7) is 1.88. The van der Waals surface area contributed by atoms with Crippen molar-refractivity contribution in [3.05, 3.63) is 65.0 Å². The molecule has 2 amide bonds. The minimum absolute atomic E-state index is 0. The fraction of sp³-hybridized carbons (Fsp3) is 0.0556. The monoisotopic (exact) mass is 606 g/mol. The molecule has 0 atom stereocenters. The van der Waals surface area contributed by atoms with Crippen molar-refractivity contribution in [2.75, 3.05) is 5.32 Å². The number of nitrogens with one attached hydrogen (secondary N) is 2. The van der Waals surface area contributed by atoms with Gasteiger partial charge in [-0.1, -0.05) is 59.8 Å². The van der Waals surface area contributed by atoms with Crippen molar-refractivity contribution in [3.63, 3.8) is 0 Å². The van der Waals surface area contributed by atoms with Gasteiger partial charge in [0.15, 0.2) is 5.13 Å². The summed E-state index contributed by atoms with van der Waals surface area (Å²) in [5.74, 6) is -0.149. The minimum atomic E-state index is -0.523. The maximum atomic E-state index is 11.9. The quantitative estimate of drug-likeness (QED) is 0.238. The number of carbonyl (C=O) groups is 1. The Hall–Kier alpha value is -2.00. The first kappa shape index (κ1) is 26.0. The number of rotatable bonds is 4. The van der Waals surface area contributed by atoms with Gasteiger partial charge in [-0.2, -0.15) is 5.10 Å². The number of aryl methyl sites for hydroxylation is 1. The molecule has 1 aromatic heterocycles.